The van der Waals surface area contributed by atoms with Crippen molar-refractivity contribution in [2.75, 3.05) is 19.8 Å². The minimum Gasteiger partial charge on any atom is -0.447 e. The highest BCUT2D eigenvalue weighted by atomic mass is 16.6. The molecular weight excluding hydrogens is 342 g/mol. The van der Waals surface area contributed by atoms with Crippen LogP contribution in [-0.2, 0) is 4.74 Å². The van der Waals surface area contributed by atoms with E-state index in [1.807, 2.05) is 0 Å². The Morgan fingerprint density at radius 3 is 1.59 bits per heavy atom. The summed E-state index contributed by atoms with van der Waals surface area (Å²) in [6.45, 7) is 2.31. The Labute approximate surface area is 167 Å². The molecule has 0 heterocycles. The number of hydrogen-bond donors (Lipinski definition) is 3. The Kier molecular flexibility index (Phi) is 20.8. The normalized spacial score (nSPS) is 12.1. The summed E-state index contributed by atoms with van der Waals surface area (Å²) in [5.41, 5.74) is 0. The Balaban J connectivity index is 3.11. The number of amides is 1. The first-order valence-electron chi connectivity index (χ1n) is 11.4. The van der Waals surface area contributed by atoms with Crippen LogP contribution < -0.4 is 5.32 Å². The van der Waals surface area contributed by atoms with Gasteiger partial charge in [-0.1, -0.05) is 103 Å². The molecule has 0 aliphatic rings. The molecule has 5 heteroatoms. The summed E-state index contributed by atoms with van der Waals surface area (Å²) in [6, 6.07) is 0. The largest absolute Gasteiger partial charge is 0.447 e. The molecular formula is C22H45NO4. The van der Waals surface area contributed by atoms with Gasteiger partial charge in [-0.2, -0.15) is 0 Å². The topological polar surface area (TPSA) is 78.8 Å². The lowest BCUT2D eigenvalue weighted by Crippen LogP contribution is -2.29. The summed E-state index contributed by atoms with van der Waals surface area (Å²) in [4.78, 5) is 11.3. The second-order valence-electron chi connectivity index (χ2n) is 7.66. The van der Waals surface area contributed by atoms with E-state index in [0.717, 1.165) is 12.8 Å². The van der Waals surface area contributed by atoms with E-state index in [2.05, 4.69) is 12.2 Å². The number of rotatable bonds is 20. The fraction of sp³-hybridized carbons (Fsp3) is 0.955. The van der Waals surface area contributed by atoms with Crippen LogP contribution in [0.25, 0.3) is 0 Å². The summed E-state index contributed by atoms with van der Waals surface area (Å²) >= 11 is 0. The number of carbonyl (C=O) groups excluding carboxylic acids is 1. The van der Waals surface area contributed by atoms with Crippen molar-refractivity contribution in [3.05, 3.63) is 0 Å². The van der Waals surface area contributed by atoms with Gasteiger partial charge in [0.1, 0.15) is 12.7 Å². The van der Waals surface area contributed by atoms with Crippen LogP contribution in [0.4, 0.5) is 4.79 Å². The Hall–Kier alpha value is -0.810. The van der Waals surface area contributed by atoms with Crippen molar-refractivity contribution in [3.8, 4) is 0 Å². The van der Waals surface area contributed by atoms with Crippen LogP contribution in [0.1, 0.15) is 110 Å². The fourth-order valence-electron chi connectivity index (χ4n) is 3.14. The second-order valence-corrected chi connectivity index (χ2v) is 7.66. The Bertz CT molecular complexity index is 313. The molecule has 0 saturated carbocycles. The number of carbonyl (C=O) groups is 1. The predicted molar refractivity (Wildman–Crippen MR) is 112 cm³/mol. The highest BCUT2D eigenvalue weighted by molar-refractivity contribution is 5.67. The minimum absolute atomic E-state index is 0.165. The smallest absolute Gasteiger partial charge is 0.407 e. The zero-order valence-electron chi connectivity index (χ0n) is 17.7. The molecule has 5 nitrogen and oxygen atoms in total. The van der Waals surface area contributed by atoms with Gasteiger partial charge < -0.3 is 20.3 Å². The van der Waals surface area contributed by atoms with Crippen LogP contribution in [0.3, 0.4) is 0 Å². The lowest BCUT2D eigenvalue weighted by molar-refractivity contribution is 0.0322. The maximum Gasteiger partial charge on any atom is 0.407 e. The quantitative estimate of drug-likeness (QED) is 0.247. The van der Waals surface area contributed by atoms with E-state index in [4.69, 9.17) is 14.9 Å². The standard InChI is InChI=1S/C22H45NO4/c1-2-3-4-5-6-7-8-9-10-11-12-13-14-15-16-17-18-23-22(26)27-20-21(25)19-24/h21,24-25H,2-20H2,1H3,(H,23,26). The van der Waals surface area contributed by atoms with Crippen molar-refractivity contribution in [3.63, 3.8) is 0 Å². The van der Waals surface area contributed by atoms with Crippen molar-refractivity contribution in [2.45, 2.75) is 116 Å². The van der Waals surface area contributed by atoms with E-state index >= 15 is 0 Å². The molecule has 1 atom stereocenters. The first kappa shape index (κ1) is 26.2. The molecule has 0 aromatic heterocycles. The van der Waals surface area contributed by atoms with Crippen LogP contribution in [0.15, 0.2) is 0 Å². The first-order valence-corrected chi connectivity index (χ1v) is 11.4. The maximum absolute atomic E-state index is 11.3. The lowest BCUT2D eigenvalue weighted by Gasteiger charge is -2.09. The van der Waals surface area contributed by atoms with Gasteiger partial charge in [-0.25, -0.2) is 4.79 Å². The molecule has 162 valence electrons. The SMILES string of the molecule is CCCCCCCCCCCCCCCCCCNC(=O)OCC(O)CO. The number of aliphatic hydroxyl groups is 2. The first-order chi connectivity index (χ1) is 13.2. The molecule has 0 aromatic carbocycles. The van der Waals surface area contributed by atoms with Crippen LogP contribution in [0.5, 0.6) is 0 Å². The van der Waals surface area contributed by atoms with Gasteiger partial charge in [0.25, 0.3) is 0 Å². The number of hydrogen-bond acceptors (Lipinski definition) is 4. The summed E-state index contributed by atoms with van der Waals surface area (Å²) in [5, 5.41) is 20.3. The predicted octanol–water partition coefficient (Wildman–Crippen LogP) is 5.33. The van der Waals surface area contributed by atoms with E-state index in [9.17, 15) is 4.79 Å². The molecule has 0 rings (SSSR count). The Morgan fingerprint density at radius 2 is 1.19 bits per heavy atom. The van der Waals surface area contributed by atoms with Crippen LogP contribution in [0, 0.1) is 0 Å². The zero-order chi connectivity index (χ0) is 20.0. The van der Waals surface area contributed by atoms with E-state index in [1.54, 1.807) is 0 Å². The van der Waals surface area contributed by atoms with Crippen molar-refractivity contribution in [1.29, 1.82) is 0 Å². The van der Waals surface area contributed by atoms with Crippen LogP contribution in [-0.4, -0.2) is 42.2 Å². The van der Waals surface area contributed by atoms with E-state index in [-0.39, 0.29) is 6.61 Å². The third-order valence-electron chi connectivity index (χ3n) is 4.92. The summed E-state index contributed by atoms with van der Waals surface area (Å²) in [7, 11) is 0. The van der Waals surface area contributed by atoms with Crippen LogP contribution >= 0.6 is 0 Å². The molecule has 0 aliphatic heterocycles. The molecule has 0 bridgehead atoms. The van der Waals surface area contributed by atoms with E-state index in [0.29, 0.717) is 6.54 Å². The Morgan fingerprint density at radius 1 is 0.778 bits per heavy atom. The molecule has 0 saturated heterocycles. The van der Waals surface area contributed by atoms with Gasteiger partial charge in [-0.3, -0.25) is 0 Å². The number of ether oxygens (including phenoxy) is 1. The van der Waals surface area contributed by atoms with Gasteiger partial charge in [0, 0.05) is 6.54 Å². The molecule has 0 aromatic rings. The van der Waals surface area contributed by atoms with Crippen LogP contribution in [0.2, 0.25) is 0 Å². The average molecular weight is 388 g/mol. The fourth-order valence-corrected chi connectivity index (χ4v) is 3.14. The third-order valence-corrected chi connectivity index (χ3v) is 4.92. The summed E-state index contributed by atoms with van der Waals surface area (Å²) in [5.74, 6) is 0. The molecule has 3 N–H and O–H groups in total. The molecule has 0 fully saturated rings. The monoisotopic (exact) mass is 387 g/mol. The second kappa shape index (κ2) is 21.5. The third kappa shape index (κ3) is 21.3. The van der Waals surface area contributed by atoms with Gasteiger partial charge >= 0.3 is 6.09 Å². The number of unbranched alkanes of at least 4 members (excludes halogenated alkanes) is 15. The van der Waals surface area contributed by atoms with Crippen molar-refractivity contribution in [2.24, 2.45) is 0 Å². The number of alkyl carbamates (subject to hydrolysis) is 1. The number of nitrogens with one attached hydrogen (secondary N) is 1. The molecule has 27 heavy (non-hydrogen) atoms. The lowest BCUT2D eigenvalue weighted by atomic mass is 10.0. The van der Waals surface area contributed by atoms with E-state index < -0.39 is 18.8 Å². The molecule has 0 spiro atoms. The number of aliphatic hydroxyl groups excluding tert-OH is 2. The molecule has 1 amide bonds. The zero-order valence-corrected chi connectivity index (χ0v) is 17.7. The van der Waals surface area contributed by atoms with Gasteiger partial charge in [0.05, 0.1) is 6.61 Å². The van der Waals surface area contributed by atoms with Gasteiger partial charge in [-0.15, -0.1) is 0 Å². The van der Waals surface area contributed by atoms with Gasteiger partial charge in [-0.05, 0) is 6.42 Å². The minimum atomic E-state index is -0.994. The van der Waals surface area contributed by atoms with E-state index in [1.165, 1.54) is 89.9 Å². The van der Waals surface area contributed by atoms with Gasteiger partial charge in [0.2, 0.25) is 0 Å². The highest BCUT2D eigenvalue weighted by Gasteiger charge is 2.06. The van der Waals surface area contributed by atoms with Gasteiger partial charge in [0.15, 0.2) is 0 Å². The average Bonchev–Trinajstić information content (AvgIpc) is 2.68. The highest BCUT2D eigenvalue weighted by Crippen LogP contribution is 2.13. The summed E-state index contributed by atoms with van der Waals surface area (Å²) < 4.78 is 4.76. The maximum atomic E-state index is 11.3. The molecule has 1 unspecified atom stereocenters. The molecule has 0 radical (unpaired) electrons. The van der Waals surface area contributed by atoms with Crippen molar-refractivity contribution < 1.29 is 19.7 Å². The van der Waals surface area contributed by atoms with Crippen molar-refractivity contribution in [1.82, 2.24) is 5.32 Å². The van der Waals surface area contributed by atoms with Crippen molar-refractivity contribution >= 4 is 6.09 Å². The summed E-state index contributed by atoms with van der Waals surface area (Å²) in [6.07, 6.45) is 19.8. The molecule has 0 aliphatic carbocycles.